The molecule has 194 valence electrons. The van der Waals surface area contributed by atoms with E-state index < -0.39 is 0 Å². The number of phenols is 1. The maximum absolute atomic E-state index is 13.8. The number of anilines is 1. The van der Waals surface area contributed by atoms with E-state index in [0.717, 1.165) is 42.9 Å². The maximum atomic E-state index is 13.8. The minimum absolute atomic E-state index is 0.00165. The van der Waals surface area contributed by atoms with E-state index in [0.29, 0.717) is 18.2 Å². The van der Waals surface area contributed by atoms with Gasteiger partial charge in [-0.15, -0.1) is 6.58 Å². The molecule has 0 radical (unpaired) electrons. The fraction of sp³-hybridized carbons (Fsp3) is 0.344. The minimum Gasteiger partial charge on any atom is -0.508 e. The molecule has 3 aromatic rings. The highest BCUT2D eigenvalue weighted by Crippen LogP contribution is 2.35. The molecule has 5 heteroatoms. The van der Waals surface area contributed by atoms with Gasteiger partial charge >= 0.3 is 0 Å². The number of piperazine rings is 1. The molecule has 0 aliphatic carbocycles. The Balaban J connectivity index is 1.73. The number of benzene rings is 3. The number of carbonyl (C=O) groups is 1. The van der Waals surface area contributed by atoms with Crippen LogP contribution in [0.25, 0.3) is 0 Å². The Bertz CT molecular complexity index is 1200. The number of amides is 1. The summed E-state index contributed by atoms with van der Waals surface area (Å²) in [5, 5.41) is 10.3. The Hall–Kier alpha value is -3.41. The lowest BCUT2D eigenvalue weighted by molar-refractivity contribution is 0.0306. The molecule has 1 amide bonds. The van der Waals surface area contributed by atoms with Gasteiger partial charge in [0, 0.05) is 49.5 Å². The third-order valence-corrected chi connectivity index (χ3v) is 7.25. The van der Waals surface area contributed by atoms with Crippen molar-refractivity contribution in [3.05, 3.63) is 108 Å². The summed E-state index contributed by atoms with van der Waals surface area (Å²) in [5.74, 6) is 0.251. The van der Waals surface area contributed by atoms with E-state index in [-0.39, 0.29) is 23.7 Å². The van der Waals surface area contributed by atoms with Crippen LogP contribution in [0.1, 0.15) is 54.7 Å². The molecule has 0 saturated carbocycles. The summed E-state index contributed by atoms with van der Waals surface area (Å²) in [4.78, 5) is 20.6. The number of hydrogen-bond acceptors (Lipinski definition) is 4. The molecule has 4 rings (SSSR count). The van der Waals surface area contributed by atoms with Gasteiger partial charge in [0.15, 0.2) is 0 Å². The van der Waals surface area contributed by atoms with Crippen molar-refractivity contribution in [2.45, 2.75) is 45.3 Å². The quantitative estimate of drug-likeness (QED) is 0.362. The van der Waals surface area contributed by atoms with Gasteiger partial charge in [-0.2, -0.15) is 0 Å². The van der Waals surface area contributed by atoms with Crippen LogP contribution in [0.4, 0.5) is 5.69 Å². The van der Waals surface area contributed by atoms with Gasteiger partial charge in [0.05, 0.1) is 6.04 Å². The molecular weight excluding hydrogens is 458 g/mol. The lowest BCUT2D eigenvalue weighted by Gasteiger charge is -2.47. The van der Waals surface area contributed by atoms with Crippen LogP contribution in [0.15, 0.2) is 91.5 Å². The Kier molecular flexibility index (Phi) is 8.80. The highest BCUT2D eigenvalue weighted by atomic mass is 16.3. The summed E-state index contributed by atoms with van der Waals surface area (Å²) in [5.41, 5.74) is 3.66. The molecule has 1 saturated heterocycles. The van der Waals surface area contributed by atoms with Crippen LogP contribution in [-0.4, -0.2) is 59.1 Å². The average molecular weight is 498 g/mol. The highest BCUT2D eigenvalue weighted by molar-refractivity contribution is 6.06. The molecule has 37 heavy (non-hydrogen) atoms. The molecule has 0 unspecified atom stereocenters. The van der Waals surface area contributed by atoms with Crippen LogP contribution in [0.2, 0.25) is 0 Å². The van der Waals surface area contributed by atoms with Crippen molar-refractivity contribution in [2.75, 3.05) is 31.1 Å². The second-order valence-electron chi connectivity index (χ2n) is 10.1. The summed E-state index contributed by atoms with van der Waals surface area (Å²) in [6.07, 6.45) is 2.84. The fourth-order valence-electron chi connectivity index (χ4n) is 5.45. The Morgan fingerprint density at radius 1 is 1.00 bits per heavy atom. The topological polar surface area (TPSA) is 47.0 Å². The number of hydrogen-bond donors (Lipinski definition) is 1. The average Bonchev–Trinajstić information content (AvgIpc) is 2.90. The molecule has 1 aliphatic rings. The molecule has 1 fully saturated rings. The predicted octanol–water partition coefficient (Wildman–Crippen LogP) is 6.12. The molecule has 1 aliphatic heterocycles. The van der Waals surface area contributed by atoms with Gasteiger partial charge in [-0.25, -0.2) is 0 Å². The largest absolute Gasteiger partial charge is 0.508 e. The van der Waals surface area contributed by atoms with Crippen molar-refractivity contribution < 1.29 is 9.90 Å². The first-order valence-electron chi connectivity index (χ1n) is 13.3. The lowest BCUT2D eigenvalue weighted by atomic mass is 9.92. The fourth-order valence-corrected chi connectivity index (χ4v) is 5.45. The Morgan fingerprint density at radius 3 is 2.38 bits per heavy atom. The number of aromatic hydroxyl groups is 1. The van der Waals surface area contributed by atoms with Gasteiger partial charge in [-0.3, -0.25) is 14.6 Å². The van der Waals surface area contributed by atoms with E-state index in [1.54, 1.807) is 6.07 Å². The van der Waals surface area contributed by atoms with E-state index in [9.17, 15) is 9.90 Å². The van der Waals surface area contributed by atoms with Gasteiger partial charge in [-0.05, 0) is 67.8 Å². The number of phenolic OH excluding ortho intramolecular Hbond substituents is 1. The second kappa shape index (κ2) is 12.2. The smallest absolute Gasteiger partial charge is 0.258 e. The summed E-state index contributed by atoms with van der Waals surface area (Å²) in [7, 11) is 0. The lowest BCUT2D eigenvalue weighted by Crippen LogP contribution is -2.57. The molecule has 5 nitrogen and oxygen atoms in total. The van der Waals surface area contributed by atoms with E-state index in [4.69, 9.17) is 0 Å². The van der Waals surface area contributed by atoms with Crippen molar-refractivity contribution >= 4 is 11.6 Å². The van der Waals surface area contributed by atoms with Crippen LogP contribution in [-0.2, 0) is 0 Å². The second-order valence-corrected chi connectivity index (χ2v) is 10.1. The Labute approximate surface area is 221 Å². The van der Waals surface area contributed by atoms with Gasteiger partial charge in [-0.1, -0.05) is 55.5 Å². The molecule has 3 atom stereocenters. The molecule has 0 aromatic heterocycles. The third-order valence-electron chi connectivity index (χ3n) is 7.25. The first-order valence-corrected chi connectivity index (χ1v) is 13.3. The van der Waals surface area contributed by atoms with Gasteiger partial charge in [0.2, 0.25) is 0 Å². The molecule has 1 heterocycles. The summed E-state index contributed by atoms with van der Waals surface area (Å²) in [6, 6.07) is 26.0. The summed E-state index contributed by atoms with van der Waals surface area (Å²) < 4.78 is 0. The molecular formula is C32H39N3O2. The van der Waals surface area contributed by atoms with Crippen molar-refractivity contribution in [3.63, 3.8) is 0 Å². The van der Waals surface area contributed by atoms with Crippen LogP contribution in [0, 0.1) is 0 Å². The van der Waals surface area contributed by atoms with E-state index in [1.807, 2.05) is 71.6 Å². The van der Waals surface area contributed by atoms with Crippen LogP contribution in [0.3, 0.4) is 0 Å². The molecule has 0 spiro atoms. The SMILES string of the molecule is C=CCN1C[C@H](C)N([C@@H](c2cccc(O)c2)c2cccc(C(=O)N(CCC)c3ccccc3)c2)C[C@H]1C. The monoisotopic (exact) mass is 497 g/mol. The van der Waals surface area contributed by atoms with Crippen LogP contribution >= 0.6 is 0 Å². The van der Waals surface area contributed by atoms with E-state index >= 15 is 0 Å². The normalized spacial score (nSPS) is 19.3. The minimum atomic E-state index is -0.0838. The van der Waals surface area contributed by atoms with Gasteiger partial charge < -0.3 is 10.0 Å². The van der Waals surface area contributed by atoms with Crippen molar-refractivity contribution in [3.8, 4) is 5.75 Å². The molecule has 3 aromatic carbocycles. The molecule has 0 bridgehead atoms. The van der Waals surface area contributed by atoms with Crippen molar-refractivity contribution in [2.24, 2.45) is 0 Å². The van der Waals surface area contributed by atoms with Crippen molar-refractivity contribution in [1.82, 2.24) is 9.80 Å². The summed E-state index contributed by atoms with van der Waals surface area (Å²) in [6.45, 7) is 13.9. The van der Waals surface area contributed by atoms with Crippen LogP contribution < -0.4 is 4.90 Å². The van der Waals surface area contributed by atoms with Gasteiger partial charge in [0.1, 0.15) is 5.75 Å². The van der Waals surface area contributed by atoms with Crippen LogP contribution in [0.5, 0.6) is 5.75 Å². The number of para-hydroxylation sites is 1. The first kappa shape index (κ1) is 26.6. The van der Waals surface area contributed by atoms with E-state index in [2.05, 4.69) is 49.3 Å². The third kappa shape index (κ3) is 6.12. The standard InChI is InChI=1S/C32H39N3O2/c1-5-18-33-22-25(4)35(23-24(33)3)31(27-13-11-17-30(36)21-27)26-12-10-14-28(20-26)32(37)34(19-6-2)29-15-8-7-9-16-29/h5,7-17,20-21,24-25,31,36H,1,6,18-19,22-23H2,2-4H3/t24-,25+,31-/m1/s1. The van der Waals surface area contributed by atoms with E-state index in [1.165, 1.54) is 0 Å². The zero-order chi connectivity index (χ0) is 26.4. The summed E-state index contributed by atoms with van der Waals surface area (Å²) >= 11 is 0. The first-order chi connectivity index (χ1) is 17.9. The maximum Gasteiger partial charge on any atom is 0.258 e. The number of rotatable bonds is 9. The van der Waals surface area contributed by atoms with Crippen molar-refractivity contribution in [1.29, 1.82) is 0 Å². The number of carbonyl (C=O) groups excluding carboxylic acids is 1. The Morgan fingerprint density at radius 2 is 1.70 bits per heavy atom. The number of nitrogens with zero attached hydrogens (tertiary/aromatic N) is 3. The zero-order valence-corrected chi connectivity index (χ0v) is 22.3. The predicted molar refractivity (Wildman–Crippen MR) is 152 cm³/mol. The highest BCUT2D eigenvalue weighted by Gasteiger charge is 2.35. The molecule has 1 N–H and O–H groups in total. The zero-order valence-electron chi connectivity index (χ0n) is 22.3. The van der Waals surface area contributed by atoms with Gasteiger partial charge in [0.25, 0.3) is 5.91 Å².